The summed E-state index contributed by atoms with van der Waals surface area (Å²) in [6.07, 6.45) is 0. The highest BCUT2D eigenvalue weighted by atomic mass is 16.5. The van der Waals surface area contributed by atoms with Gasteiger partial charge in [-0.3, -0.25) is 9.59 Å². The van der Waals surface area contributed by atoms with E-state index in [-0.39, 0.29) is 11.8 Å². The van der Waals surface area contributed by atoms with E-state index in [1.165, 1.54) is 10.0 Å². The second-order valence-corrected chi connectivity index (χ2v) is 9.10. The zero-order valence-corrected chi connectivity index (χ0v) is 19.7. The highest BCUT2D eigenvalue weighted by molar-refractivity contribution is 6.37. The molecule has 2 aliphatic heterocycles. The fraction of sp³-hybridized carbons (Fsp3) is 0.214. The fourth-order valence-electron chi connectivity index (χ4n) is 6.05. The molecule has 1 aliphatic carbocycles. The molecule has 0 N–H and O–H groups in total. The van der Waals surface area contributed by atoms with Crippen LogP contribution in [0.2, 0.25) is 0 Å². The third-order valence-corrected chi connectivity index (χ3v) is 7.53. The summed E-state index contributed by atoms with van der Waals surface area (Å²) < 4.78 is 5.47. The van der Waals surface area contributed by atoms with E-state index in [1.807, 2.05) is 98.8 Å². The Morgan fingerprint density at radius 2 is 1.20 bits per heavy atom. The van der Waals surface area contributed by atoms with Crippen LogP contribution in [0.15, 0.2) is 95.1 Å². The van der Waals surface area contributed by atoms with E-state index >= 15 is 0 Å². The summed E-state index contributed by atoms with van der Waals surface area (Å²) in [6.45, 7) is 3.68. The predicted octanol–water partition coefficient (Wildman–Crippen LogP) is 4.61. The lowest BCUT2D eigenvalue weighted by Crippen LogP contribution is -2.40. The molecule has 1 fully saturated rings. The third kappa shape index (κ3) is 2.55. The quantitative estimate of drug-likeness (QED) is 0.566. The molecule has 7 nitrogen and oxygen atoms in total. The molecule has 6 rings (SSSR count). The largest absolute Gasteiger partial charge is 0.497 e. The molecule has 2 atom stereocenters. The number of hydrogen-bond acceptors (Lipinski definition) is 5. The average Bonchev–Trinajstić information content (AvgIpc) is 3.38. The van der Waals surface area contributed by atoms with Gasteiger partial charge in [0.15, 0.2) is 0 Å². The first kappa shape index (κ1) is 21.3. The Labute approximate surface area is 203 Å². The topological polar surface area (TPSA) is 74.6 Å². The summed E-state index contributed by atoms with van der Waals surface area (Å²) >= 11 is 0. The Hall–Kier alpha value is -4.26. The Morgan fingerprint density at radius 1 is 0.714 bits per heavy atom. The van der Waals surface area contributed by atoms with Crippen LogP contribution in [0.5, 0.6) is 5.75 Å². The molecule has 3 aliphatic rings. The van der Waals surface area contributed by atoms with Gasteiger partial charge in [-0.15, -0.1) is 0 Å². The van der Waals surface area contributed by atoms with Crippen LogP contribution in [0.3, 0.4) is 0 Å². The van der Waals surface area contributed by atoms with Crippen molar-refractivity contribution >= 4 is 34.6 Å². The molecule has 0 unspecified atom stereocenters. The zero-order valence-electron chi connectivity index (χ0n) is 19.7. The summed E-state index contributed by atoms with van der Waals surface area (Å²) in [5.74, 6) is -0.224. The minimum absolute atomic E-state index is 0.216. The van der Waals surface area contributed by atoms with Gasteiger partial charge in [-0.2, -0.15) is 20.2 Å². The Bertz CT molecular complexity index is 1330. The molecule has 0 bridgehead atoms. The van der Waals surface area contributed by atoms with Crippen molar-refractivity contribution in [2.24, 2.45) is 21.0 Å². The predicted molar refractivity (Wildman–Crippen MR) is 135 cm³/mol. The molecule has 2 amide bonds. The lowest BCUT2D eigenvalue weighted by Gasteiger charge is -2.18. The van der Waals surface area contributed by atoms with E-state index in [0.29, 0.717) is 28.5 Å². The summed E-state index contributed by atoms with van der Waals surface area (Å²) in [4.78, 5) is 28.6. The number of carbonyl (C=O) groups is 2. The van der Waals surface area contributed by atoms with Crippen LogP contribution in [0, 0.1) is 10.8 Å². The smallest absolute Gasteiger partial charge is 0.261 e. The van der Waals surface area contributed by atoms with Crippen LogP contribution in [0.25, 0.3) is 0 Å². The number of carbonyl (C=O) groups excluding carboxylic acids is 2. The van der Waals surface area contributed by atoms with Gasteiger partial charge < -0.3 is 4.74 Å². The molecule has 2 spiro atoms. The maximum Gasteiger partial charge on any atom is 0.261 e. The molecular weight excluding hydrogens is 440 g/mol. The standard InChI is InChI=1S/C28H24N4O3/c1-18-27(25(33)31(29-18)21-12-6-4-7-13-21)24(20-11-10-16-23(17-20)35-3)28(27)19(2)30-32(26(28)34)22-14-8-5-9-15-22/h4-17,24H,1-3H3/t27-,28-/m0/s1. The molecule has 0 radical (unpaired) electrons. The highest BCUT2D eigenvalue weighted by Crippen LogP contribution is 2.79. The van der Waals surface area contributed by atoms with Gasteiger partial charge in [0.1, 0.15) is 16.6 Å². The SMILES string of the molecule is COc1cccc(C2[C@@]3(C(=O)N(c4ccccc4)N=C3C)[C@]23C(=O)N(c2ccccc2)N=C3C)c1. The van der Waals surface area contributed by atoms with Crippen molar-refractivity contribution in [1.82, 2.24) is 0 Å². The second-order valence-electron chi connectivity index (χ2n) is 9.10. The Kier molecular flexibility index (Phi) is 4.48. The number of rotatable bonds is 4. The number of anilines is 2. The van der Waals surface area contributed by atoms with Crippen molar-refractivity contribution in [3.63, 3.8) is 0 Å². The van der Waals surface area contributed by atoms with Crippen LogP contribution in [-0.2, 0) is 9.59 Å². The molecule has 2 heterocycles. The molecule has 3 aromatic rings. The minimum Gasteiger partial charge on any atom is -0.497 e. The monoisotopic (exact) mass is 464 g/mol. The maximum absolute atomic E-state index is 14.3. The summed E-state index contributed by atoms with van der Waals surface area (Å²) in [5.41, 5.74) is 1.07. The van der Waals surface area contributed by atoms with Gasteiger partial charge in [0, 0.05) is 5.92 Å². The van der Waals surface area contributed by atoms with Crippen molar-refractivity contribution in [3.8, 4) is 5.75 Å². The van der Waals surface area contributed by atoms with Crippen LogP contribution >= 0.6 is 0 Å². The molecule has 0 aromatic heterocycles. The van der Waals surface area contributed by atoms with Gasteiger partial charge in [0.25, 0.3) is 11.8 Å². The van der Waals surface area contributed by atoms with Crippen LogP contribution in [0.4, 0.5) is 11.4 Å². The first-order valence-corrected chi connectivity index (χ1v) is 11.5. The normalized spacial score (nSPS) is 27.0. The van der Waals surface area contributed by atoms with Crippen molar-refractivity contribution < 1.29 is 14.3 Å². The van der Waals surface area contributed by atoms with E-state index in [4.69, 9.17) is 14.9 Å². The first-order valence-electron chi connectivity index (χ1n) is 11.5. The van der Waals surface area contributed by atoms with Gasteiger partial charge >= 0.3 is 0 Å². The molecule has 1 saturated carbocycles. The van der Waals surface area contributed by atoms with Gasteiger partial charge in [0.2, 0.25) is 0 Å². The average molecular weight is 465 g/mol. The number of nitrogens with zero attached hydrogens (tertiary/aromatic N) is 4. The number of methoxy groups -OCH3 is 1. The van der Waals surface area contributed by atoms with Crippen molar-refractivity contribution in [2.45, 2.75) is 19.8 Å². The molecule has 0 saturated heterocycles. The number of amides is 2. The number of hydrazone groups is 2. The molecule has 7 heteroatoms. The fourth-order valence-corrected chi connectivity index (χ4v) is 6.05. The minimum atomic E-state index is -1.16. The van der Waals surface area contributed by atoms with Crippen molar-refractivity contribution in [3.05, 3.63) is 90.5 Å². The molecule has 174 valence electrons. The third-order valence-electron chi connectivity index (χ3n) is 7.53. The van der Waals surface area contributed by atoms with E-state index < -0.39 is 16.7 Å². The van der Waals surface area contributed by atoms with Crippen LogP contribution in [-0.4, -0.2) is 30.3 Å². The van der Waals surface area contributed by atoms with Crippen molar-refractivity contribution in [2.75, 3.05) is 17.1 Å². The molecule has 35 heavy (non-hydrogen) atoms. The van der Waals surface area contributed by atoms with Crippen LogP contribution < -0.4 is 14.8 Å². The Morgan fingerprint density at radius 3 is 1.66 bits per heavy atom. The maximum atomic E-state index is 14.3. The summed E-state index contributed by atoms with van der Waals surface area (Å²) in [6, 6.07) is 26.2. The van der Waals surface area contributed by atoms with Gasteiger partial charge in [0.05, 0.1) is 29.9 Å². The van der Waals surface area contributed by atoms with Gasteiger partial charge in [-0.1, -0.05) is 48.5 Å². The highest BCUT2D eigenvalue weighted by Gasteiger charge is 2.91. The summed E-state index contributed by atoms with van der Waals surface area (Å²) in [7, 11) is 1.60. The van der Waals surface area contributed by atoms with E-state index in [9.17, 15) is 9.59 Å². The van der Waals surface area contributed by atoms with Crippen LogP contribution in [0.1, 0.15) is 25.3 Å². The Balaban J connectivity index is 1.54. The number of ether oxygens (including phenoxy) is 1. The second kappa shape index (κ2) is 7.37. The number of para-hydroxylation sites is 2. The summed E-state index contributed by atoms with van der Waals surface area (Å²) in [5, 5.41) is 12.3. The van der Waals surface area contributed by atoms with Crippen molar-refractivity contribution in [1.29, 1.82) is 0 Å². The van der Waals surface area contributed by atoms with Gasteiger partial charge in [-0.25, -0.2) is 0 Å². The number of fused-ring (bicyclic) bond motifs is 1. The number of hydrogen-bond donors (Lipinski definition) is 0. The lowest BCUT2D eigenvalue weighted by atomic mass is 9.85. The number of benzene rings is 3. The first-order chi connectivity index (χ1) is 17.0. The van der Waals surface area contributed by atoms with E-state index in [2.05, 4.69) is 0 Å². The molecule has 3 aromatic carbocycles. The lowest BCUT2D eigenvalue weighted by molar-refractivity contribution is -0.126. The molecular formula is C28H24N4O3. The zero-order chi connectivity index (χ0) is 24.4. The van der Waals surface area contributed by atoms with E-state index in [1.54, 1.807) is 7.11 Å². The van der Waals surface area contributed by atoms with E-state index in [0.717, 1.165) is 5.56 Å². The van der Waals surface area contributed by atoms with Gasteiger partial charge in [-0.05, 0) is 55.8 Å².